The van der Waals surface area contributed by atoms with E-state index in [0.29, 0.717) is 12.0 Å². The van der Waals surface area contributed by atoms with E-state index >= 15 is 0 Å². The van der Waals surface area contributed by atoms with Gasteiger partial charge >= 0.3 is 0 Å². The fourth-order valence-corrected chi connectivity index (χ4v) is 5.37. The Kier molecular flexibility index (Phi) is 3.05. The molecule has 21 heavy (non-hydrogen) atoms. The summed E-state index contributed by atoms with van der Waals surface area (Å²) in [6, 6.07) is 6.59. The van der Waals surface area contributed by atoms with Gasteiger partial charge in [0.2, 0.25) is 0 Å². The summed E-state index contributed by atoms with van der Waals surface area (Å²) >= 11 is 0. The number of piperidine rings is 1. The molecule has 1 aromatic carbocycles. The number of ether oxygens (including phenoxy) is 1. The Labute approximate surface area is 126 Å². The Morgan fingerprint density at radius 2 is 2.14 bits per heavy atom. The number of fused-ring (bicyclic) bond motifs is 1. The largest absolute Gasteiger partial charge is 0.497 e. The molecule has 4 atom stereocenters. The molecular formula is C18H25NO2. The van der Waals surface area contributed by atoms with Gasteiger partial charge in [0.05, 0.1) is 13.2 Å². The van der Waals surface area contributed by atoms with Gasteiger partial charge in [-0.2, -0.15) is 0 Å². The molecule has 3 heteroatoms. The fourth-order valence-electron chi connectivity index (χ4n) is 5.37. The predicted molar refractivity (Wildman–Crippen MR) is 82.6 cm³/mol. The number of rotatable bonds is 1. The summed E-state index contributed by atoms with van der Waals surface area (Å²) < 4.78 is 5.46. The molecule has 2 fully saturated rings. The third-order valence-electron chi connectivity index (χ3n) is 6.37. The number of hydrogen-bond donors (Lipinski definition) is 1. The zero-order valence-electron chi connectivity index (χ0n) is 13.0. The average molecular weight is 287 g/mol. The van der Waals surface area contributed by atoms with Crippen molar-refractivity contribution in [3.05, 3.63) is 29.3 Å². The summed E-state index contributed by atoms with van der Waals surface area (Å²) in [5, 5.41) is 11.0. The second kappa shape index (κ2) is 4.72. The molecule has 2 bridgehead atoms. The minimum Gasteiger partial charge on any atom is -0.497 e. The average Bonchev–Trinajstić information content (AvgIpc) is 2.53. The number of nitrogens with zero attached hydrogens (tertiary/aromatic N) is 1. The number of hydrogen-bond acceptors (Lipinski definition) is 3. The first kappa shape index (κ1) is 13.6. The highest BCUT2D eigenvalue weighted by atomic mass is 16.5. The lowest BCUT2D eigenvalue weighted by molar-refractivity contribution is -0.0680. The number of likely N-dealkylation sites (N-methyl/N-ethyl adjacent to an activating group) is 1. The van der Waals surface area contributed by atoms with Crippen LogP contribution >= 0.6 is 0 Å². The number of aliphatic hydroxyl groups excluding tert-OH is 1. The summed E-state index contributed by atoms with van der Waals surface area (Å²) in [7, 11) is 3.91. The van der Waals surface area contributed by atoms with Crippen LogP contribution in [0.1, 0.15) is 49.3 Å². The topological polar surface area (TPSA) is 32.7 Å². The Morgan fingerprint density at radius 1 is 1.29 bits per heavy atom. The molecule has 0 aromatic heterocycles. The normalized spacial score (nSPS) is 38.5. The summed E-state index contributed by atoms with van der Waals surface area (Å²) in [4.78, 5) is 2.39. The summed E-state index contributed by atoms with van der Waals surface area (Å²) in [6.07, 6.45) is 6.02. The van der Waals surface area contributed by atoms with Crippen LogP contribution in [0.4, 0.5) is 0 Å². The van der Waals surface area contributed by atoms with Crippen LogP contribution in [0.15, 0.2) is 18.2 Å². The van der Waals surface area contributed by atoms with Crippen LogP contribution in [0, 0.1) is 5.92 Å². The van der Waals surface area contributed by atoms with Gasteiger partial charge in [0.25, 0.3) is 0 Å². The van der Waals surface area contributed by atoms with E-state index in [1.807, 2.05) is 6.07 Å². The van der Waals surface area contributed by atoms with E-state index in [1.54, 1.807) is 7.11 Å². The summed E-state index contributed by atoms with van der Waals surface area (Å²) in [5.41, 5.74) is 2.80. The van der Waals surface area contributed by atoms with Crippen molar-refractivity contribution in [2.75, 3.05) is 20.7 Å². The van der Waals surface area contributed by atoms with Gasteiger partial charge in [-0.15, -0.1) is 0 Å². The summed E-state index contributed by atoms with van der Waals surface area (Å²) in [5.74, 6) is 1.52. The van der Waals surface area contributed by atoms with E-state index in [9.17, 15) is 5.11 Å². The van der Waals surface area contributed by atoms with Crippen molar-refractivity contribution in [2.24, 2.45) is 5.92 Å². The lowest BCUT2D eigenvalue weighted by Crippen LogP contribution is -2.61. The molecule has 4 rings (SSSR count). The molecule has 1 aliphatic heterocycles. The molecule has 0 spiro atoms. The number of methoxy groups -OCH3 is 1. The maximum Gasteiger partial charge on any atom is 0.119 e. The maximum atomic E-state index is 11.0. The van der Waals surface area contributed by atoms with Gasteiger partial charge in [-0.05, 0) is 62.0 Å². The SMILES string of the molecule is COc1ccc2c(c1)[C@]13CCCC[C@@H]1[C@H]([C@H]2O)N(C)CC3. The number of benzene rings is 1. The third-order valence-corrected chi connectivity index (χ3v) is 6.37. The molecular weight excluding hydrogens is 262 g/mol. The highest BCUT2D eigenvalue weighted by Crippen LogP contribution is 2.58. The zero-order chi connectivity index (χ0) is 14.6. The van der Waals surface area contributed by atoms with Crippen LogP contribution in [0.5, 0.6) is 5.75 Å². The molecule has 114 valence electrons. The van der Waals surface area contributed by atoms with Crippen molar-refractivity contribution in [3.8, 4) is 5.75 Å². The molecule has 3 aliphatic rings. The molecule has 1 heterocycles. The predicted octanol–water partition coefficient (Wildman–Crippen LogP) is 2.87. The van der Waals surface area contributed by atoms with Crippen molar-refractivity contribution in [1.29, 1.82) is 0 Å². The Hall–Kier alpha value is -1.06. The Morgan fingerprint density at radius 3 is 2.95 bits per heavy atom. The monoisotopic (exact) mass is 287 g/mol. The molecule has 1 aromatic rings. The number of likely N-dealkylation sites (tertiary alicyclic amines) is 1. The fraction of sp³-hybridized carbons (Fsp3) is 0.667. The van der Waals surface area contributed by atoms with Crippen LogP contribution in [-0.4, -0.2) is 36.8 Å². The first-order valence-corrected chi connectivity index (χ1v) is 8.24. The van der Waals surface area contributed by atoms with E-state index in [0.717, 1.165) is 17.9 Å². The van der Waals surface area contributed by atoms with Crippen LogP contribution in [0.2, 0.25) is 0 Å². The molecule has 2 aliphatic carbocycles. The molecule has 1 N–H and O–H groups in total. The van der Waals surface area contributed by atoms with Crippen LogP contribution in [-0.2, 0) is 5.41 Å². The summed E-state index contributed by atoms with van der Waals surface area (Å²) in [6.45, 7) is 1.09. The third kappa shape index (κ3) is 1.74. The van der Waals surface area contributed by atoms with Gasteiger partial charge in [0.15, 0.2) is 0 Å². The highest BCUT2D eigenvalue weighted by molar-refractivity contribution is 5.47. The van der Waals surface area contributed by atoms with E-state index in [2.05, 4.69) is 24.1 Å². The van der Waals surface area contributed by atoms with Gasteiger partial charge in [-0.1, -0.05) is 18.9 Å². The smallest absolute Gasteiger partial charge is 0.119 e. The van der Waals surface area contributed by atoms with Crippen molar-refractivity contribution in [2.45, 2.75) is 49.7 Å². The molecule has 0 unspecified atom stereocenters. The Balaban J connectivity index is 1.92. The maximum absolute atomic E-state index is 11.0. The lowest BCUT2D eigenvalue weighted by atomic mass is 9.52. The number of aliphatic hydroxyl groups is 1. The minimum absolute atomic E-state index is 0.276. The van der Waals surface area contributed by atoms with Crippen molar-refractivity contribution < 1.29 is 9.84 Å². The lowest BCUT2D eigenvalue weighted by Gasteiger charge is -2.59. The highest BCUT2D eigenvalue weighted by Gasteiger charge is 2.56. The van der Waals surface area contributed by atoms with E-state index in [4.69, 9.17) is 4.74 Å². The van der Waals surface area contributed by atoms with Gasteiger partial charge in [-0.25, -0.2) is 0 Å². The molecule has 0 radical (unpaired) electrons. The first-order chi connectivity index (χ1) is 10.2. The van der Waals surface area contributed by atoms with Gasteiger partial charge in [-0.3, -0.25) is 0 Å². The van der Waals surface area contributed by atoms with Crippen LogP contribution in [0.3, 0.4) is 0 Å². The zero-order valence-corrected chi connectivity index (χ0v) is 13.0. The van der Waals surface area contributed by atoms with Crippen molar-refractivity contribution >= 4 is 0 Å². The van der Waals surface area contributed by atoms with Crippen LogP contribution < -0.4 is 4.74 Å². The van der Waals surface area contributed by atoms with Gasteiger partial charge in [0.1, 0.15) is 5.75 Å². The van der Waals surface area contributed by atoms with E-state index in [-0.39, 0.29) is 11.5 Å². The molecule has 1 saturated heterocycles. The van der Waals surface area contributed by atoms with Gasteiger partial charge < -0.3 is 14.7 Å². The first-order valence-electron chi connectivity index (χ1n) is 8.24. The minimum atomic E-state index is -0.354. The van der Waals surface area contributed by atoms with Crippen molar-refractivity contribution in [1.82, 2.24) is 4.90 Å². The molecule has 0 amide bonds. The Bertz CT molecular complexity index is 558. The quantitative estimate of drug-likeness (QED) is 0.862. The van der Waals surface area contributed by atoms with E-state index in [1.165, 1.54) is 37.7 Å². The molecule has 3 nitrogen and oxygen atoms in total. The second-order valence-electron chi connectivity index (χ2n) is 7.13. The molecule has 1 saturated carbocycles. The van der Waals surface area contributed by atoms with Gasteiger partial charge in [0, 0.05) is 11.5 Å². The van der Waals surface area contributed by atoms with Crippen molar-refractivity contribution in [3.63, 3.8) is 0 Å². The standard InChI is InChI=1S/C18H25NO2/c1-19-10-9-18-8-4-3-5-14(18)16(19)17(20)13-7-6-12(21-2)11-15(13)18/h6-7,11,14,16-17,20H,3-5,8-10H2,1-2H3/t14-,16-,17+,18+/m1/s1. The van der Waals surface area contributed by atoms with E-state index < -0.39 is 0 Å². The van der Waals surface area contributed by atoms with Crippen LogP contribution in [0.25, 0.3) is 0 Å². The second-order valence-corrected chi connectivity index (χ2v) is 7.13.